The Labute approximate surface area is 154 Å². The maximum Gasteiger partial charge on any atom is 0.308 e. The van der Waals surface area contributed by atoms with Crippen LogP contribution in [0.1, 0.15) is 20.8 Å². The number of anilines is 1. The van der Waals surface area contributed by atoms with Crippen molar-refractivity contribution in [2.45, 2.75) is 20.8 Å². The molecule has 0 aliphatic rings. The van der Waals surface area contributed by atoms with Crippen molar-refractivity contribution >= 4 is 45.1 Å². The molecule has 0 atom stereocenters. The number of carbonyl (C=O) groups is 3. The zero-order valence-corrected chi connectivity index (χ0v) is 15.0. The second-order valence-electron chi connectivity index (χ2n) is 5.89. The summed E-state index contributed by atoms with van der Waals surface area (Å²) in [7, 11) is 0. The summed E-state index contributed by atoms with van der Waals surface area (Å²) in [5.74, 6) is -1.14. The van der Waals surface area contributed by atoms with Crippen LogP contribution in [0.4, 0.5) is 5.69 Å². The first-order valence-electron chi connectivity index (χ1n) is 8.11. The van der Waals surface area contributed by atoms with Gasteiger partial charge in [-0.15, -0.1) is 0 Å². The Morgan fingerprint density at radius 3 is 1.67 bits per heavy atom. The minimum absolute atomic E-state index is 0.141. The Bertz CT molecular complexity index is 1100. The van der Waals surface area contributed by atoms with Gasteiger partial charge in [0.15, 0.2) is 5.75 Å². The van der Waals surface area contributed by atoms with Crippen LogP contribution >= 0.6 is 0 Å². The third-order valence-electron chi connectivity index (χ3n) is 3.82. The van der Waals surface area contributed by atoms with Crippen molar-refractivity contribution in [3.8, 4) is 17.2 Å². The second kappa shape index (κ2) is 6.95. The summed E-state index contributed by atoms with van der Waals surface area (Å²) in [6.45, 7) is 3.78. The average Bonchev–Trinajstić information content (AvgIpc) is 2.58. The van der Waals surface area contributed by atoms with Gasteiger partial charge in [0.1, 0.15) is 11.5 Å². The zero-order valence-electron chi connectivity index (χ0n) is 15.0. The van der Waals surface area contributed by atoms with Gasteiger partial charge in [-0.3, -0.25) is 14.4 Å². The van der Waals surface area contributed by atoms with Gasteiger partial charge in [0, 0.05) is 37.2 Å². The highest BCUT2D eigenvalue weighted by Crippen LogP contribution is 2.48. The van der Waals surface area contributed by atoms with Crippen LogP contribution in [-0.2, 0) is 14.4 Å². The molecule has 3 aromatic carbocycles. The molecule has 0 unspecified atom stereocenters. The van der Waals surface area contributed by atoms with E-state index in [0.29, 0.717) is 16.2 Å². The summed E-state index contributed by atoms with van der Waals surface area (Å²) in [6.07, 6.45) is 0. The fourth-order valence-electron chi connectivity index (χ4n) is 2.96. The molecule has 7 nitrogen and oxygen atoms in total. The van der Waals surface area contributed by atoms with Crippen molar-refractivity contribution in [3.63, 3.8) is 0 Å². The second-order valence-corrected chi connectivity index (χ2v) is 5.89. The van der Waals surface area contributed by atoms with Crippen LogP contribution in [0.2, 0.25) is 0 Å². The molecule has 3 rings (SSSR count). The largest absolute Gasteiger partial charge is 0.426 e. The van der Waals surface area contributed by atoms with E-state index >= 15 is 0 Å². The lowest BCUT2D eigenvalue weighted by atomic mass is 9.98. The Kier molecular flexibility index (Phi) is 4.68. The number of nitrogen functional groups attached to an aromatic ring is 1. The number of nitrogens with two attached hydrogens (primary N) is 1. The molecule has 0 heterocycles. The van der Waals surface area contributed by atoms with E-state index in [0.717, 1.165) is 0 Å². The Hall–Kier alpha value is -3.61. The number of esters is 3. The highest BCUT2D eigenvalue weighted by Gasteiger charge is 2.23. The van der Waals surface area contributed by atoms with Gasteiger partial charge >= 0.3 is 17.9 Å². The molecule has 0 saturated carbocycles. The van der Waals surface area contributed by atoms with Crippen LogP contribution in [0, 0.1) is 0 Å². The fraction of sp³-hybridized carbons (Fsp3) is 0.150. The van der Waals surface area contributed by atoms with Crippen LogP contribution in [0.3, 0.4) is 0 Å². The molecule has 0 spiro atoms. The topological polar surface area (TPSA) is 105 Å². The number of ether oxygens (including phenoxy) is 3. The van der Waals surface area contributed by atoms with Gasteiger partial charge in [-0.1, -0.05) is 24.3 Å². The summed E-state index contributed by atoms with van der Waals surface area (Å²) in [5.41, 5.74) is 6.43. The van der Waals surface area contributed by atoms with E-state index in [9.17, 15) is 14.4 Å². The summed E-state index contributed by atoms with van der Waals surface area (Å²) >= 11 is 0. The van der Waals surface area contributed by atoms with Gasteiger partial charge in [-0.05, 0) is 12.1 Å². The highest BCUT2D eigenvalue weighted by atomic mass is 16.5. The zero-order chi connectivity index (χ0) is 19.7. The molecule has 138 valence electrons. The molecule has 0 aromatic heterocycles. The Balaban J connectivity index is 2.58. The van der Waals surface area contributed by atoms with E-state index in [1.54, 1.807) is 24.3 Å². The molecule has 0 bridgehead atoms. The molecule has 0 amide bonds. The summed E-state index contributed by atoms with van der Waals surface area (Å²) in [6, 6.07) is 9.96. The van der Waals surface area contributed by atoms with Gasteiger partial charge in [-0.2, -0.15) is 0 Å². The first-order chi connectivity index (χ1) is 12.8. The maximum absolute atomic E-state index is 11.7. The summed E-state index contributed by atoms with van der Waals surface area (Å²) in [4.78, 5) is 35.0. The van der Waals surface area contributed by atoms with Crippen LogP contribution in [0.25, 0.3) is 21.5 Å². The Morgan fingerprint density at radius 2 is 1.19 bits per heavy atom. The molecule has 0 saturated heterocycles. The van der Waals surface area contributed by atoms with Crippen LogP contribution < -0.4 is 19.9 Å². The summed E-state index contributed by atoms with van der Waals surface area (Å²) < 4.78 is 16.2. The fourth-order valence-corrected chi connectivity index (χ4v) is 2.96. The predicted molar refractivity (Wildman–Crippen MR) is 99.8 cm³/mol. The molecule has 27 heavy (non-hydrogen) atoms. The molecule has 0 fully saturated rings. The van der Waals surface area contributed by atoms with E-state index in [2.05, 4.69) is 0 Å². The van der Waals surface area contributed by atoms with Gasteiger partial charge in [0.25, 0.3) is 0 Å². The number of rotatable bonds is 3. The molecule has 0 radical (unpaired) electrons. The van der Waals surface area contributed by atoms with E-state index in [1.165, 1.54) is 32.9 Å². The van der Waals surface area contributed by atoms with Crippen molar-refractivity contribution in [2.75, 3.05) is 5.73 Å². The van der Waals surface area contributed by atoms with Gasteiger partial charge in [0.05, 0.1) is 10.8 Å². The van der Waals surface area contributed by atoms with Gasteiger partial charge < -0.3 is 19.9 Å². The normalized spacial score (nSPS) is 10.6. The standard InChI is InChI=1S/C20H17NO6/c1-10(22)25-16-9-8-15(21)17-18(16)20(27-12(3)24)14-7-5-4-6-13(14)19(17)26-11(2)23/h4-9H,21H2,1-3H3. The average molecular weight is 367 g/mol. The van der Waals surface area contributed by atoms with Crippen molar-refractivity contribution < 1.29 is 28.6 Å². The molecule has 3 aromatic rings. The third-order valence-corrected chi connectivity index (χ3v) is 3.82. The van der Waals surface area contributed by atoms with Crippen molar-refractivity contribution in [2.24, 2.45) is 0 Å². The van der Waals surface area contributed by atoms with E-state index in [4.69, 9.17) is 19.9 Å². The lowest BCUT2D eigenvalue weighted by Gasteiger charge is -2.18. The quantitative estimate of drug-likeness (QED) is 0.327. The smallest absolute Gasteiger partial charge is 0.308 e. The van der Waals surface area contributed by atoms with Crippen LogP contribution in [-0.4, -0.2) is 17.9 Å². The lowest BCUT2D eigenvalue weighted by Crippen LogP contribution is -2.09. The molecule has 0 aliphatic heterocycles. The number of benzene rings is 3. The molecule has 7 heteroatoms. The number of hydrogen-bond acceptors (Lipinski definition) is 7. The predicted octanol–water partition coefficient (Wildman–Crippen LogP) is 3.35. The third kappa shape index (κ3) is 3.39. The molecule has 0 aliphatic carbocycles. The highest BCUT2D eigenvalue weighted by molar-refractivity contribution is 6.18. The summed E-state index contributed by atoms with van der Waals surface area (Å²) in [5, 5.41) is 1.63. The van der Waals surface area contributed by atoms with Gasteiger partial charge in [0.2, 0.25) is 0 Å². The van der Waals surface area contributed by atoms with E-state index in [-0.39, 0.29) is 28.3 Å². The maximum atomic E-state index is 11.7. The first-order valence-corrected chi connectivity index (χ1v) is 8.11. The number of fused-ring (bicyclic) bond motifs is 2. The first kappa shape index (κ1) is 18.2. The van der Waals surface area contributed by atoms with Crippen molar-refractivity contribution in [1.29, 1.82) is 0 Å². The number of carbonyl (C=O) groups excluding carboxylic acids is 3. The minimum atomic E-state index is -0.558. The van der Waals surface area contributed by atoms with Gasteiger partial charge in [-0.25, -0.2) is 0 Å². The SMILES string of the molecule is CC(=O)Oc1ccc(N)c2c(OC(C)=O)c3ccccc3c(OC(C)=O)c12. The van der Waals surface area contributed by atoms with Crippen molar-refractivity contribution in [3.05, 3.63) is 36.4 Å². The van der Waals surface area contributed by atoms with Crippen LogP contribution in [0.15, 0.2) is 36.4 Å². The monoisotopic (exact) mass is 367 g/mol. The van der Waals surface area contributed by atoms with Crippen molar-refractivity contribution in [1.82, 2.24) is 0 Å². The van der Waals surface area contributed by atoms with E-state index in [1.807, 2.05) is 0 Å². The number of hydrogen-bond donors (Lipinski definition) is 1. The van der Waals surface area contributed by atoms with E-state index < -0.39 is 17.9 Å². The molecular weight excluding hydrogens is 350 g/mol. The molecule has 2 N–H and O–H groups in total. The Morgan fingerprint density at radius 1 is 0.704 bits per heavy atom. The van der Waals surface area contributed by atoms with Crippen LogP contribution in [0.5, 0.6) is 17.2 Å². The minimum Gasteiger partial charge on any atom is -0.426 e. The lowest BCUT2D eigenvalue weighted by molar-refractivity contribution is -0.132. The molecular formula is C20H17NO6.